The number of carbonyl (C=O) groups excluding carboxylic acids is 1. The number of Topliss-reactive ketones (excluding diaryl/α,β-unsaturated/α-hetero) is 1. The summed E-state index contributed by atoms with van der Waals surface area (Å²) >= 11 is 3.47. The molecule has 0 amide bonds. The molecule has 1 aromatic rings. The van der Waals surface area contributed by atoms with E-state index in [0.717, 1.165) is 35.2 Å². The molecule has 0 aliphatic heterocycles. The summed E-state index contributed by atoms with van der Waals surface area (Å²) in [6, 6.07) is 0. The Morgan fingerprint density at radius 2 is 1.95 bits per heavy atom. The number of hydrogen-bond donors (Lipinski definition) is 1. The molecule has 1 rings (SSSR count). The minimum atomic E-state index is -0.873. The van der Waals surface area contributed by atoms with Crippen LogP contribution in [0.1, 0.15) is 45.0 Å². The molecule has 19 heavy (non-hydrogen) atoms. The predicted molar refractivity (Wildman–Crippen MR) is 79.1 cm³/mol. The Balaban J connectivity index is 2.87. The van der Waals surface area contributed by atoms with E-state index >= 15 is 0 Å². The van der Waals surface area contributed by atoms with Crippen LogP contribution in [0.25, 0.3) is 0 Å². The number of aromatic nitrogens is 2. The van der Waals surface area contributed by atoms with Gasteiger partial charge in [-0.1, -0.05) is 26.7 Å². The third kappa shape index (κ3) is 3.66. The van der Waals surface area contributed by atoms with Crippen LogP contribution >= 0.6 is 15.9 Å². The third-order valence-corrected chi connectivity index (χ3v) is 4.65. The lowest BCUT2D eigenvalue weighted by Crippen LogP contribution is -2.31. The highest BCUT2D eigenvalue weighted by Crippen LogP contribution is 2.23. The number of carbonyl (C=O) groups is 1. The maximum Gasteiger partial charge on any atom is 0.167 e. The molecule has 0 saturated heterocycles. The second-order valence-electron chi connectivity index (χ2n) is 4.83. The molecule has 0 radical (unpaired) electrons. The topological polar surface area (TPSA) is 55.1 Å². The SMILES string of the molecule is CCC(CC)C(O)C(=O)Cc1c(Br)c(C)nn1CC. The van der Waals surface area contributed by atoms with Crippen LogP contribution in [-0.4, -0.2) is 26.8 Å². The minimum Gasteiger partial charge on any atom is -0.385 e. The summed E-state index contributed by atoms with van der Waals surface area (Å²) < 4.78 is 2.69. The largest absolute Gasteiger partial charge is 0.385 e. The van der Waals surface area contributed by atoms with Gasteiger partial charge in [0.15, 0.2) is 5.78 Å². The van der Waals surface area contributed by atoms with Gasteiger partial charge in [-0.15, -0.1) is 0 Å². The first-order chi connectivity index (χ1) is 8.96. The van der Waals surface area contributed by atoms with E-state index in [4.69, 9.17) is 0 Å². The normalized spacial score (nSPS) is 13.0. The number of halogens is 1. The van der Waals surface area contributed by atoms with Crippen molar-refractivity contribution >= 4 is 21.7 Å². The first kappa shape index (κ1) is 16.4. The smallest absolute Gasteiger partial charge is 0.167 e. The Hall–Kier alpha value is -0.680. The number of nitrogens with zero attached hydrogens (tertiary/aromatic N) is 2. The summed E-state index contributed by atoms with van der Waals surface area (Å²) in [6.07, 6.45) is 0.989. The fraction of sp³-hybridized carbons (Fsp3) is 0.714. The highest BCUT2D eigenvalue weighted by Gasteiger charge is 2.25. The van der Waals surface area contributed by atoms with E-state index in [1.807, 2.05) is 32.4 Å². The molecule has 1 unspecified atom stereocenters. The monoisotopic (exact) mass is 330 g/mol. The second-order valence-corrected chi connectivity index (χ2v) is 5.62. The van der Waals surface area contributed by atoms with Gasteiger partial charge in [-0.05, 0) is 35.7 Å². The van der Waals surface area contributed by atoms with Gasteiger partial charge in [0, 0.05) is 6.54 Å². The van der Waals surface area contributed by atoms with E-state index in [-0.39, 0.29) is 18.1 Å². The number of hydrogen-bond acceptors (Lipinski definition) is 3. The first-order valence-electron chi connectivity index (χ1n) is 6.88. The lowest BCUT2D eigenvalue weighted by molar-refractivity contribution is -0.129. The van der Waals surface area contributed by atoms with Crippen molar-refractivity contribution in [2.24, 2.45) is 5.92 Å². The van der Waals surface area contributed by atoms with E-state index in [1.165, 1.54) is 0 Å². The van der Waals surface area contributed by atoms with Gasteiger partial charge >= 0.3 is 0 Å². The molecule has 4 nitrogen and oxygen atoms in total. The number of aliphatic hydroxyl groups is 1. The Bertz CT molecular complexity index is 439. The van der Waals surface area contributed by atoms with Crippen LogP contribution in [0.2, 0.25) is 0 Å². The molecule has 0 bridgehead atoms. The Morgan fingerprint density at radius 1 is 1.37 bits per heavy atom. The van der Waals surface area contributed by atoms with Crippen molar-refractivity contribution in [3.05, 3.63) is 15.9 Å². The van der Waals surface area contributed by atoms with E-state index in [1.54, 1.807) is 0 Å². The average Bonchev–Trinajstić information content (AvgIpc) is 2.67. The van der Waals surface area contributed by atoms with Crippen LogP contribution < -0.4 is 0 Å². The molecule has 0 aliphatic carbocycles. The van der Waals surface area contributed by atoms with Crippen molar-refractivity contribution in [2.45, 2.75) is 59.6 Å². The van der Waals surface area contributed by atoms with Gasteiger partial charge in [-0.3, -0.25) is 9.48 Å². The third-order valence-electron chi connectivity index (χ3n) is 3.62. The molecular formula is C14H23BrN2O2. The molecule has 1 N–H and O–H groups in total. The molecule has 1 atom stereocenters. The highest BCUT2D eigenvalue weighted by molar-refractivity contribution is 9.10. The Morgan fingerprint density at radius 3 is 2.42 bits per heavy atom. The average molecular weight is 331 g/mol. The summed E-state index contributed by atoms with van der Waals surface area (Å²) in [4.78, 5) is 12.2. The van der Waals surface area contributed by atoms with Gasteiger partial charge < -0.3 is 5.11 Å². The van der Waals surface area contributed by atoms with Gasteiger partial charge in [-0.25, -0.2) is 0 Å². The van der Waals surface area contributed by atoms with Gasteiger partial charge in [0.05, 0.1) is 22.3 Å². The molecule has 1 aromatic heterocycles. The van der Waals surface area contributed by atoms with Crippen LogP contribution in [0.5, 0.6) is 0 Å². The molecule has 1 heterocycles. The standard InChI is InChI=1S/C14H23BrN2O2/c1-5-10(6-2)14(19)12(18)8-11-13(15)9(4)16-17(11)7-3/h10,14,19H,5-8H2,1-4H3. The maximum atomic E-state index is 12.2. The summed E-state index contributed by atoms with van der Waals surface area (Å²) in [5, 5.41) is 14.5. The lowest BCUT2D eigenvalue weighted by atomic mass is 9.92. The maximum absolute atomic E-state index is 12.2. The van der Waals surface area contributed by atoms with Crippen LogP contribution in [0, 0.1) is 12.8 Å². The van der Waals surface area contributed by atoms with Crippen molar-refractivity contribution in [1.82, 2.24) is 9.78 Å². The summed E-state index contributed by atoms with van der Waals surface area (Å²) in [7, 11) is 0. The summed E-state index contributed by atoms with van der Waals surface area (Å²) in [5.41, 5.74) is 1.73. The van der Waals surface area contributed by atoms with Gasteiger partial charge in [0.2, 0.25) is 0 Å². The highest BCUT2D eigenvalue weighted by atomic mass is 79.9. The van der Waals surface area contributed by atoms with E-state index in [0.29, 0.717) is 0 Å². The van der Waals surface area contributed by atoms with Crippen molar-refractivity contribution < 1.29 is 9.90 Å². The van der Waals surface area contributed by atoms with Crippen LogP contribution in [0.15, 0.2) is 4.47 Å². The number of aliphatic hydroxyl groups excluding tert-OH is 1. The van der Waals surface area contributed by atoms with Crippen molar-refractivity contribution in [2.75, 3.05) is 0 Å². The number of rotatable bonds is 7. The fourth-order valence-electron chi connectivity index (χ4n) is 2.31. The second kappa shape index (κ2) is 7.20. The van der Waals surface area contributed by atoms with Crippen LogP contribution in [0.4, 0.5) is 0 Å². The molecule has 0 saturated carbocycles. The summed E-state index contributed by atoms with van der Waals surface area (Å²) in [5.74, 6) is -0.0747. The lowest BCUT2D eigenvalue weighted by Gasteiger charge is -2.19. The molecule has 0 aliphatic rings. The van der Waals surface area contributed by atoms with Crippen LogP contribution in [0.3, 0.4) is 0 Å². The van der Waals surface area contributed by atoms with Crippen molar-refractivity contribution in [1.29, 1.82) is 0 Å². The minimum absolute atomic E-state index is 0.0466. The molecule has 0 spiro atoms. The van der Waals surface area contributed by atoms with Crippen molar-refractivity contribution in [3.63, 3.8) is 0 Å². The van der Waals surface area contributed by atoms with Gasteiger partial charge in [-0.2, -0.15) is 5.10 Å². The number of ketones is 1. The zero-order chi connectivity index (χ0) is 14.6. The Labute approximate surface area is 123 Å². The number of aryl methyl sites for hydroxylation is 2. The van der Waals surface area contributed by atoms with E-state index < -0.39 is 6.10 Å². The van der Waals surface area contributed by atoms with Crippen molar-refractivity contribution in [3.8, 4) is 0 Å². The Kier molecular flexibility index (Phi) is 6.20. The fourth-order valence-corrected chi connectivity index (χ4v) is 2.73. The predicted octanol–water partition coefficient (Wildman–Crippen LogP) is 2.88. The molecule has 0 fully saturated rings. The van der Waals surface area contributed by atoms with Gasteiger partial charge in [0.1, 0.15) is 6.10 Å². The zero-order valence-corrected chi connectivity index (χ0v) is 13.7. The van der Waals surface area contributed by atoms with E-state index in [2.05, 4.69) is 21.0 Å². The molecule has 108 valence electrons. The van der Waals surface area contributed by atoms with E-state index in [9.17, 15) is 9.90 Å². The molecule has 0 aromatic carbocycles. The molecule has 5 heteroatoms. The quantitative estimate of drug-likeness (QED) is 0.836. The van der Waals surface area contributed by atoms with Gasteiger partial charge in [0.25, 0.3) is 0 Å². The zero-order valence-electron chi connectivity index (χ0n) is 12.1. The first-order valence-corrected chi connectivity index (χ1v) is 7.67. The van der Waals surface area contributed by atoms with Crippen LogP contribution in [-0.2, 0) is 17.8 Å². The summed E-state index contributed by atoms with van der Waals surface area (Å²) in [6.45, 7) is 8.61. The molecular weight excluding hydrogens is 308 g/mol.